The molecule has 0 unspecified atom stereocenters. The third-order valence-corrected chi connectivity index (χ3v) is 8.42. The first-order valence-corrected chi connectivity index (χ1v) is 14.9. The lowest BCUT2D eigenvalue weighted by atomic mass is 10.0. The van der Waals surface area contributed by atoms with E-state index in [4.69, 9.17) is 24.9 Å². The van der Waals surface area contributed by atoms with Crippen LogP contribution in [0, 0.1) is 0 Å². The molecule has 3 aliphatic rings. The third-order valence-electron chi connectivity index (χ3n) is 8.42. The van der Waals surface area contributed by atoms with E-state index in [0.717, 1.165) is 62.9 Å². The normalized spacial score (nSPS) is 20.2. The van der Waals surface area contributed by atoms with E-state index in [0.29, 0.717) is 42.0 Å². The highest BCUT2D eigenvalue weighted by Crippen LogP contribution is 2.40. The molecule has 2 aliphatic carbocycles. The lowest BCUT2D eigenvalue weighted by Crippen LogP contribution is -2.55. The van der Waals surface area contributed by atoms with Gasteiger partial charge in [-0.25, -0.2) is 4.98 Å². The monoisotopic (exact) mass is 566 g/mol. The Balaban J connectivity index is 1.25. The van der Waals surface area contributed by atoms with E-state index in [1.165, 1.54) is 0 Å². The van der Waals surface area contributed by atoms with Crippen molar-refractivity contribution in [3.05, 3.63) is 24.4 Å². The SMILES string of the molecule is CC[C@@H]1C(=O)N(C)c2cnc(Nc3ccc(OCC[C@H](N)C(=O)OC4CCCC4)cc3OC)nc2N1C1CCCC1. The number of ether oxygens (including phenoxy) is 3. The molecule has 1 aromatic heterocycles. The summed E-state index contributed by atoms with van der Waals surface area (Å²) < 4.78 is 17.0. The number of fused-ring (bicyclic) bond motifs is 1. The molecule has 0 saturated heterocycles. The van der Waals surface area contributed by atoms with Crippen molar-refractivity contribution in [2.24, 2.45) is 5.73 Å². The summed E-state index contributed by atoms with van der Waals surface area (Å²) in [5.41, 5.74) is 7.43. The lowest BCUT2D eigenvalue weighted by molar-refractivity contribution is -0.150. The van der Waals surface area contributed by atoms with Gasteiger partial charge in [-0.15, -0.1) is 0 Å². The molecule has 0 bridgehead atoms. The van der Waals surface area contributed by atoms with Gasteiger partial charge >= 0.3 is 5.97 Å². The molecule has 41 heavy (non-hydrogen) atoms. The van der Waals surface area contributed by atoms with Crippen molar-refractivity contribution < 1.29 is 23.8 Å². The Labute approximate surface area is 241 Å². The number of esters is 1. The van der Waals surface area contributed by atoms with Crippen LogP contribution in [0.15, 0.2) is 24.4 Å². The predicted octanol–water partition coefficient (Wildman–Crippen LogP) is 4.31. The Hall–Kier alpha value is -3.60. The van der Waals surface area contributed by atoms with Crippen LogP contribution in [0.3, 0.4) is 0 Å². The quantitative estimate of drug-likeness (QED) is 0.379. The molecule has 11 heteroatoms. The zero-order valence-corrected chi connectivity index (χ0v) is 24.3. The van der Waals surface area contributed by atoms with Gasteiger partial charge in [-0.05, 0) is 57.1 Å². The topological polar surface area (TPSA) is 132 Å². The summed E-state index contributed by atoms with van der Waals surface area (Å²) in [6, 6.07) is 4.77. The molecular formula is C30H42N6O5. The second kappa shape index (κ2) is 12.9. The summed E-state index contributed by atoms with van der Waals surface area (Å²) in [4.78, 5) is 38.7. The maximum atomic E-state index is 13.1. The first-order valence-electron chi connectivity index (χ1n) is 14.9. The van der Waals surface area contributed by atoms with Gasteiger partial charge in [0.05, 0.1) is 25.6 Å². The van der Waals surface area contributed by atoms with Crippen LogP contribution in [0.2, 0.25) is 0 Å². The van der Waals surface area contributed by atoms with Gasteiger partial charge in [-0.2, -0.15) is 4.98 Å². The Morgan fingerprint density at radius 1 is 1.17 bits per heavy atom. The average molecular weight is 567 g/mol. The molecule has 0 spiro atoms. The summed E-state index contributed by atoms with van der Waals surface area (Å²) in [6.07, 6.45) is 11.2. The van der Waals surface area contributed by atoms with E-state index >= 15 is 0 Å². The van der Waals surface area contributed by atoms with Crippen molar-refractivity contribution in [2.45, 2.75) is 95.4 Å². The number of nitrogens with one attached hydrogen (secondary N) is 1. The molecule has 222 valence electrons. The van der Waals surface area contributed by atoms with E-state index in [-0.39, 0.29) is 30.6 Å². The van der Waals surface area contributed by atoms with Crippen molar-refractivity contribution >= 4 is 35.0 Å². The Bertz CT molecular complexity index is 1230. The number of amides is 1. The number of rotatable bonds is 11. The van der Waals surface area contributed by atoms with Crippen molar-refractivity contribution in [2.75, 3.05) is 35.9 Å². The number of methoxy groups -OCH3 is 1. The minimum absolute atomic E-state index is 0.000117. The first kappa shape index (κ1) is 28.9. The summed E-state index contributed by atoms with van der Waals surface area (Å²) in [6.45, 7) is 2.32. The van der Waals surface area contributed by atoms with Crippen molar-refractivity contribution in [1.82, 2.24) is 9.97 Å². The molecule has 1 amide bonds. The first-order chi connectivity index (χ1) is 19.9. The molecule has 1 aliphatic heterocycles. The number of carbonyl (C=O) groups excluding carboxylic acids is 2. The summed E-state index contributed by atoms with van der Waals surface area (Å²) in [7, 11) is 3.38. The maximum Gasteiger partial charge on any atom is 0.323 e. The Kier molecular flexibility index (Phi) is 9.12. The number of anilines is 4. The number of hydrogen-bond acceptors (Lipinski definition) is 10. The molecule has 2 saturated carbocycles. The van der Waals surface area contributed by atoms with Crippen LogP contribution in [-0.2, 0) is 14.3 Å². The maximum absolute atomic E-state index is 13.1. The highest BCUT2D eigenvalue weighted by Gasteiger charge is 2.41. The van der Waals surface area contributed by atoms with Crippen LogP contribution in [0.1, 0.15) is 71.1 Å². The zero-order valence-electron chi connectivity index (χ0n) is 24.3. The van der Waals surface area contributed by atoms with Gasteiger partial charge in [0.25, 0.3) is 0 Å². The molecule has 2 heterocycles. The summed E-state index contributed by atoms with van der Waals surface area (Å²) >= 11 is 0. The van der Waals surface area contributed by atoms with Gasteiger partial charge < -0.3 is 35.1 Å². The minimum Gasteiger partial charge on any atom is -0.494 e. The lowest BCUT2D eigenvalue weighted by Gasteiger charge is -2.43. The van der Waals surface area contributed by atoms with E-state index in [1.807, 2.05) is 19.1 Å². The summed E-state index contributed by atoms with van der Waals surface area (Å²) in [5.74, 6) is 2.07. The second-order valence-electron chi connectivity index (χ2n) is 11.1. The number of aromatic nitrogens is 2. The number of nitrogens with zero attached hydrogens (tertiary/aromatic N) is 4. The predicted molar refractivity (Wildman–Crippen MR) is 157 cm³/mol. The Morgan fingerprint density at radius 3 is 2.61 bits per heavy atom. The molecule has 5 rings (SSSR count). The van der Waals surface area contributed by atoms with Gasteiger partial charge in [0.15, 0.2) is 5.82 Å². The molecular weight excluding hydrogens is 524 g/mol. The van der Waals surface area contributed by atoms with E-state index in [2.05, 4.69) is 15.2 Å². The van der Waals surface area contributed by atoms with Crippen LogP contribution in [0.5, 0.6) is 11.5 Å². The highest BCUT2D eigenvalue weighted by molar-refractivity contribution is 6.04. The molecule has 2 fully saturated rings. The largest absolute Gasteiger partial charge is 0.494 e. The van der Waals surface area contributed by atoms with Crippen LogP contribution in [0.4, 0.5) is 23.1 Å². The van der Waals surface area contributed by atoms with E-state index < -0.39 is 6.04 Å². The molecule has 3 N–H and O–H groups in total. The van der Waals surface area contributed by atoms with Gasteiger partial charge in [-0.3, -0.25) is 9.59 Å². The van der Waals surface area contributed by atoms with Crippen LogP contribution >= 0.6 is 0 Å². The van der Waals surface area contributed by atoms with Crippen molar-refractivity contribution in [1.29, 1.82) is 0 Å². The zero-order chi connectivity index (χ0) is 28.9. The highest BCUT2D eigenvalue weighted by atomic mass is 16.5. The van der Waals surface area contributed by atoms with Gasteiger partial charge in [-0.1, -0.05) is 19.8 Å². The fourth-order valence-corrected chi connectivity index (χ4v) is 6.11. The molecule has 11 nitrogen and oxygen atoms in total. The van der Waals surface area contributed by atoms with E-state index in [9.17, 15) is 9.59 Å². The minimum atomic E-state index is -0.718. The standard InChI is InChI=1S/C30H42N6O5/c1-4-24-28(37)35(2)25-18-32-30(34-27(25)36(24)19-9-5-6-10-19)33-23-14-13-21(17-26(23)39-3)40-16-15-22(31)29(38)41-20-11-7-8-12-20/h13-14,17-20,22,24H,4-12,15-16,31H2,1-3H3,(H,32,33,34)/t22-,24+/m0/s1. The Morgan fingerprint density at radius 2 is 1.90 bits per heavy atom. The van der Waals surface area contributed by atoms with Crippen LogP contribution < -0.4 is 30.3 Å². The average Bonchev–Trinajstić information content (AvgIpc) is 3.70. The molecule has 0 radical (unpaired) electrons. The van der Waals surface area contributed by atoms with Gasteiger partial charge in [0.1, 0.15) is 35.4 Å². The second-order valence-corrected chi connectivity index (χ2v) is 11.1. The number of carbonyl (C=O) groups is 2. The van der Waals surface area contributed by atoms with E-state index in [1.54, 1.807) is 31.3 Å². The van der Waals surface area contributed by atoms with Crippen LogP contribution in [0.25, 0.3) is 0 Å². The molecule has 2 atom stereocenters. The number of likely N-dealkylation sites (N-methyl/N-ethyl adjacent to an activating group) is 1. The fourth-order valence-electron chi connectivity index (χ4n) is 6.11. The van der Waals surface area contributed by atoms with Gasteiger partial charge in [0.2, 0.25) is 11.9 Å². The number of hydrogen-bond donors (Lipinski definition) is 2. The fraction of sp³-hybridized carbons (Fsp3) is 0.600. The van der Waals surface area contributed by atoms with Crippen molar-refractivity contribution in [3.8, 4) is 11.5 Å². The van der Waals surface area contributed by atoms with Crippen molar-refractivity contribution in [3.63, 3.8) is 0 Å². The number of nitrogens with two attached hydrogens (primary N) is 1. The molecule has 2 aromatic rings. The smallest absolute Gasteiger partial charge is 0.323 e. The van der Waals surface area contributed by atoms with Crippen LogP contribution in [-0.4, -0.2) is 66.8 Å². The number of benzene rings is 1. The third kappa shape index (κ3) is 6.34. The summed E-state index contributed by atoms with van der Waals surface area (Å²) in [5, 5.41) is 3.28. The molecule has 1 aromatic carbocycles. The van der Waals surface area contributed by atoms with Gasteiger partial charge in [0, 0.05) is 25.6 Å².